The Labute approximate surface area is 415 Å². The Bertz CT molecular complexity index is 1410. The summed E-state index contributed by atoms with van der Waals surface area (Å²) < 4.78 is 0. The molecular formula is C27H50N10O26Pt3. The number of isocyanates is 1. The molecule has 0 aromatic rings. The standard InChI is InChI=1S/C7H8N2O4.C7H6N2O3.3C2H2O4.3C2H4O2.CH4.6H2N.H2O.3Pt/c10-5-1-2-6(11)9(5)4-3-8-7(12)13;10-5-8-3-4-9-6(11)1-2-7(9)12;3*3-1(4)2(5)6;3*1-2(3)4;;;;;;;;;;;/h1-2,8H,3-4H2,(H,12,13);1-2H,3-4H2;3*(H,3,4)(H,5,6);3*1H3,(H,3,4);1H4;7*1H2;;;/q;;;;;;;;;6*-1;;3*+2. The van der Waals surface area contributed by atoms with Crippen LogP contribution in [0.1, 0.15) is 28.2 Å². The Balaban J connectivity index is -0.0000000282. The smallest absolute Gasteiger partial charge is 0.693 e. The second-order valence-electron chi connectivity index (χ2n) is 7.92. The molecule has 0 fully saturated rings. The van der Waals surface area contributed by atoms with E-state index in [4.69, 9.17) is 94.2 Å². The van der Waals surface area contributed by atoms with Crippen LogP contribution >= 0.6 is 0 Å². The third kappa shape index (κ3) is 102. The third-order valence-electron chi connectivity index (χ3n) is 3.46. The molecule has 25 N–H and O–H groups in total. The number of aliphatic imine (C=N–C) groups is 1. The first kappa shape index (κ1) is 113. The van der Waals surface area contributed by atoms with Crippen molar-refractivity contribution in [1.82, 2.24) is 15.1 Å². The number of rotatable bonds is 6. The zero-order valence-electron chi connectivity index (χ0n) is 33.0. The van der Waals surface area contributed by atoms with Crippen molar-refractivity contribution < 1.29 is 192 Å². The summed E-state index contributed by atoms with van der Waals surface area (Å²) >= 11 is 0. The third-order valence-corrected chi connectivity index (χ3v) is 3.46. The second kappa shape index (κ2) is 70.1. The molecule has 0 radical (unpaired) electrons. The van der Waals surface area contributed by atoms with Gasteiger partial charge in [-0.05, 0) is 0 Å². The van der Waals surface area contributed by atoms with Gasteiger partial charge in [-0.3, -0.25) is 43.4 Å². The maximum absolute atomic E-state index is 10.9. The number of carboxylic acid groups (broad SMARTS) is 10. The van der Waals surface area contributed by atoms with E-state index < -0.39 is 71.6 Å². The molecule has 5 amide bonds. The summed E-state index contributed by atoms with van der Waals surface area (Å²) in [5.74, 6) is -15.0. The largest absolute Gasteiger partial charge is 2.00 e. The Hall–Kier alpha value is -6.58. The molecule has 0 saturated carbocycles. The number of carbonyl (C=O) groups excluding carboxylic acids is 5. The van der Waals surface area contributed by atoms with E-state index in [9.17, 15) is 28.8 Å². The molecule has 0 aliphatic carbocycles. The molecule has 66 heavy (non-hydrogen) atoms. The molecule has 0 aromatic heterocycles. The van der Waals surface area contributed by atoms with Gasteiger partial charge in [-0.1, -0.05) is 7.43 Å². The second-order valence-corrected chi connectivity index (χ2v) is 7.92. The van der Waals surface area contributed by atoms with Crippen LogP contribution in [0, 0.1) is 0 Å². The quantitative estimate of drug-likeness (QED) is 0.0736. The summed E-state index contributed by atoms with van der Waals surface area (Å²) in [6.07, 6.45) is 4.84. The van der Waals surface area contributed by atoms with Gasteiger partial charge in [0.15, 0.2) is 0 Å². The van der Waals surface area contributed by atoms with Gasteiger partial charge in [0, 0.05) is 64.7 Å². The van der Waals surface area contributed by atoms with Gasteiger partial charge < -0.3 is 98.8 Å². The molecule has 0 atom stereocenters. The molecule has 2 aliphatic heterocycles. The number of hydrogen-bond donors (Lipinski definition) is 11. The summed E-state index contributed by atoms with van der Waals surface area (Å²) in [6, 6.07) is 0. The van der Waals surface area contributed by atoms with Gasteiger partial charge in [0.05, 0.1) is 6.54 Å². The predicted octanol–water partition coefficient (Wildman–Crippen LogP) is 0.272. The summed E-state index contributed by atoms with van der Waals surface area (Å²) in [5, 5.41) is 76.9. The van der Waals surface area contributed by atoms with Crippen LogP contribution in [0.4, 0.5) is 4.79 Å². The molecule has 36 nitrogen and oxygen atoms in total. The number of carbonyl (C=O) groups is 14. The van der Waals surface area contributed by atoms with Crippen molar-refractivity contribution in [2.75, 3.05) is 26.2 Å². The number of carboxylic acids is 9. The minimum atomic E-state index is -1.82. The molecule has 394 valence electrons. The summed E-state index contributed by atoms with van der Waals surface area (Å²) in [7, 11) is 0. The van der Waals surface area contributed by atoms with Gasteiger partial charge in [-0.25, -0.2) is 43.3 Å². The summed E-state index contributed by atoms with van der Waals surface area (Å²) in [4.78, 5) is 150. The minimum absolute atomic E-state index is 0. The van der Waals surface area contributed by atoms with Crippen LogP contribution in [-0.2, 0) is 130 Å². The van der Waals surface area contributed by atoms with Crippen molar-refractivity contribution in [3.8, 4) is 0 Å². The first-order valence-corrected chi connectivity index (χ1v) is 13.0. The van der Waals surface area contributed by atoms with E-state index >= 15 is 0 Å². The maximum Gasteiger partial charge on any atom is 2.00 e. The van der Waals surface area contributed by atoms with Gasteiger partial charge in [0.1, 0.15) is 0 Å². The molecule has 2 rings (SSSR count). The minimum Gasteiger partial charge on any atom is -0.693 e. The maximum atomic E-state index is 10.9. The first-order chi connectivity index (χ1) is 25.0. The van der Waals surface area contributed by atoms with Crippen molar-refractivity contribution >= 4 is 89.5 Å². The van der Waals surface area contributed by atoms with Crippen LogP contribution in [0.15, 0.2) is 29.3 Å². The van der Waals surface area contributed by atoms with Crippen LogP contribution in [-0.4, -0.2) is 182 Å². The average Bonchev–Trinajstić information content (AvgIpc) is 3.51. The molecule has 0 unspecified atom stereocenters. The molecule has 39 heteroatoms. The van der Waals surface area contributed by atoms with Crippen LogP contribution in [0.3, 0.4) is 0 Å². The average molecular weight is 1520 g/mol. The Kier molecular flexibility index (Phi) is 120. The van der Waals surface area contributed by atoms with Crippen LogP contribution in [0.2, 0.25) is 0 Å². The molecule has 0 spiro atoms. The number of nitrogens with one attached hydrogen (secondary N) is 1. The molecule has 2 aliphatic rings. The Morgan fingerprint density at radius 2 is 0.667 bits per heavy atom. The van der Waals surface area contributed by atoms with Crippen molar-refractivity contribution in [3.05, 3.63) is 61.2 Å². The van der Waals surface area contributed by atoms with Gasteiger partial charge in [0.25, 0.3) is 41.5 Å². The predicted molar refractivity (Wildman–Crippen MR) is 209 cm³/mol. The van der Waals surface area contributed by atoms with E-state index in [1.54, 1.807) is 0 Å². The Morgan fingerprint density at radius 3 is 0.818 bits per heavy atom. The number of amides is 5. The van der Waals surface area contributed by atoms with E-state index in [0.717, 1.165) is 42.7 Å². The molecule has 0 bridgehead atoms. The fourth-order valence-electron chi connectivity index (χ4n) is 1.77. The number of nitrogens with zero attached hydrogens (tertiary/aromatic N) is 3. The number of aliphatic carboxylic acids is 9. The van der Waals surface area contributed by atoms with Gasteiger partial charge in [-0.15, -0.1) is 0 Å². The SMILES string of the molecule is C.CC(=O)O.CC(=O)O.CC(=O)O.O.O=C(O)C(=O)O.O=C(O)C(=O)O.O=C(O)C(=O)O.O=C(O)NCCN1C(=O)C=CC1=O.O=C=NCCN1C(=O)C=CC1=O.[NH2-].[NH2-].[NH2-].[NH2-].[NH2-].[NH2-].[Pt+2].[Pt+2].[Pt+2]. The molecule has 0 aromatic carbocycles. The van der Waals surface area contributed by atoms with E-state index in [-0.39, 0.29) is 151 Å². The zero-order chi connectivity index (χ0) is 45.0. The number of hydrogen-bond acceptors (Lipinski definition) is 16. The molecule has 0 saturated heterocycles. The first-order valence-electron chi connectivity index (χ1n) is 13.0. The topological polar surface area (TPSA) is 722 Å². The van der Waals surface area contributed by atoms with E-state index in [1.165, 1.54) is 18.2 Å². The van der Waals surface area contributed by atoms with E-state index in [0.29, 0.717) is 0 Å². The fraction of sp³-hybridized carbons (Fsp3) is 0.296. The van der Waals surface area contributed by atoms with Crippen molar-refractivity contribution in [1.29, 1.82) is 0 Å². The summed E-state index contributed by atoms with van der Waals surface area (Å²) in [5.41, 5.74) is 0. The van der Waals surface area contributed by atoms with Crippen molar-refractivity contribution in [3.63, 3.8) is 0 Å². The molecule has 2 heterocycles. The van der Waals surface area contributed by atoms with Gasteiger partial charge in [0.2, 0.25) is 6.08 Å². The number of imide groups is 2. The summed E-state index contributed by atoms with van der Waals surface area (Å²) in [6.45, 7) is 3.62. The molecular weight excluding hydrogens is 1470 g/mol. The number of nitrogens with two attached hydrogens (primary N) is 6. The normalized spacial score (nSPS) is 8.89. The van der Waals surface area contributed by atoms with Crippen LogP contribution in [0.5, 0.6) is 0 Å². The monoisotopic (exact) mass is 1520 g/mol. The Morgan fingerprint density at radius 1 is 0.485 bits per heavy atom. The van der Waals surface area contributed by atoms with Crippen LogP contribution in [0.25, 0.3) is 36.9 Å². The van der Waals surface area contributed by atoms with E-state index in [1.807, 2.05) is 0 Å². The van der Waals surface area contributed by atoms with Crippen LogP contribution < -0.4 is 5.32 Å². The van der Waals surface area contributed by atoms with Gasteiger partial charge >= 0.3 is 105 Å². The van der Waals surface area contributed by atoms with Crippen molar-refractivity contribution in [2.24, 2.45) is 4.99 Å². The fourth-order valence-corrected chi connectivity index (χ4v) is 1.77. The van der Waals surface area contributed by atoms with Crippen molar-refractivity contribution in [2.45, 2.75) is 28.2 Å². The van der Waals surface area contributed by atoms with Gasteiger partial charge in [-0.2, -0.15) is 0 Å². The zero-order valence-corrected chi connectivity index (χ0v) is 39.8. The van der Waals surface area contributed by atoms with E-state index in [2.05, 4.69) is 10.3 Å².